The lowest BCUT2D eigenvalue weighted by Crippen LogP contribution is -2.01. The fourth-order valence-corrected chi connectivity index (χ4v) is 5.16. The average molecular weight is 366 g/mol. The lowest BCUT2D eigenvalue weighted by molar-refractivity contribution is 0.700. The summed E-state index contributed by atoms with van der Waals surface area (Å²) in [4.78, 5) is 11.5. The van der Waals surface area contributed by atoms with Gasteiger partial charge < -0.3 is 5.32 Å². The van der Waals surface area contributed by atoms with Crippen LogP contribution in [0.3, 0.4) is 0 Å². The van der Waals surface area contributed by atoms with Gasteiger partial charge in [0.1, 0.15) is 10.6 Å². The first kappa shape index (κ1) is 15.1. The molecule has 2 aromatic carbocycles. The Morgan fingerprint density at radius 3 is 2.76 bits per heavy atom. The van der Waals surface area contributed by atoms with Crippen molar-refractivity contribution in [2.24, 2.45) is 0 Å². The summed E-state index contributed by atoms with van der Waals surface area (Å²) in [5.41, 5.74) is 2.45. The number of nitrogens with one attached hydrogen (secondary N) is 1. The number of nitrogens with zero attached hydrogens (tertiary/aromatic N) is 2. The molecule has 5 heteroatoms. The number of anilines is 2. The highest BCUT2D eigenvalue weighted by Crippen LogP contribution is 2.40. The number of hydrogen-bond donors (Lipinski definition) is 1. The van der Waals surface area contributed by atoms with Crippen LogP contribution in [0.5, 0.6) is 0 Å². The number of aromatic nitrogens is 2. The number of rotatable bonds is 2. The summed E-state index contributed by atoms with van der Waals surface area (Å²) in [6.07, 6.45) is 4.73. The molecular formula is C20H16ClN3S. The van der Waals surface area contributed by atoms with Gasteiger partial charge in [0.25, 0.3) is 0 Å². The molecule has 0 bridgehead atoms. The van der Waals surface area contributed by atoms with Crippen LogP contribution < -0.4 is 5.32 Å². The van der Waals surface area contributed by atoms with Crippen molar-refractivity contribution in [2.75, 3.05) is 5.32 Å². The van der Waals surface area contributed by atoms with Gasteiger partial charge in [-0.2, -0.15) is 4.98 Å². The van der Waals surface area contributed by atoms with Crippen LogP contribution in [0.15, 0.2) is 42.5 Å². The first-order chi connectivity index (χ1) is 12.3. The summed E-state index contributed by atoms with van der Waals surface area (Å²) in [7, 11) is 0. The molecule has 1 aliphatic carbocycles. The SMILES string of the molecule is Clc1nc(Nc2cccc3ccccc23)c2c3c(sc2n1)CCCC3. The summed E-state index contributed by atoms with van der Waals surface area (Å²) in [5, 5.41) is 7.37. The smallest absolute Gasteiger partial charge is 0.225 e. The molecule has 3 nitrogen and oxygen atoms in total. The number of thiophene rings is 1. The van der Waals surface area contributed by atoms with E-state index in [0.29, 0.717) is 5.28 Å². The molecule has 1 N–H and O–H groups in total. The zero-order chi connectivity index (χ0) is 16.8. The van der Waals surface area contributed by atoms with E-state index in [1.807, 2.05) is 0 Å². The van der Waals surface area contributed by atoms with Crippen LogP contribution in [0.1, 0.15) is 23.3 Å². The third kappa shape index (κ3) is 2.57. The highest BCUT2D eigenvalue weighted by molar-refractivity contribution is 7.19. The molecule has 0 saturated carbocycles. The fourth-order valence-electron chi connectivity index (χ4n) is 3.68. The molecule has 2 heterocycles. The van der Waals surface area contributed by atoms with Crippen molar-refractivity contribution in [1.82, 2.24) is 9.97 Å². The molecule has 0 saturated heterocycles. The van der Waals surface area contributed by atoms with Gasteiger partial charge in [0.2, 0.25) is 5.28 Å². The largest absolute Gasteiger partial charge is 0.339 e. The summed E-state index contributed by atoms with van der Waals surface area (Å²) in [6, 6.07) is 14.6. The Kier molecular flexibility index (Phi) is 3.61. The van der Waals surface area contributed by atoms with Gasteiger partial charge in [-0.25, -0.2) is 4.98 Å². The van der Waals surface area contributed by atoms with E-state index in [9.17, 15) is 0 Å². The van der Waals surface area contributed by atoms with E-state index >= 15 is 0 Å². The molecule has 0 amide bonds. The highest BCUT2D eigenvalue weighted by atomic mass is 35.5. The predicted octanol–water partition coefficient (Wildman–Crippen LogP) is 6.12. The van der Waals surface area contributed by atoms with Crippen molar-refractivity contribution in [2.45, 2.75) is 25.7 Å². The van der Waals surface area contributed by atoms with E-state index in [1.165, 1.54) is 34.1 Å². The lowest BCUT2D eigenvalue weighted by Gasteiger charge is -2.13. The van der Waals surface area contributed by atoms with Gasteiger partial charge in [0.05, 0.1) is 5.39 Å². The van der Waals surface area contributed by atoms with Gasteiger partial charge in [-0.1, -0.05) is 36.4 Å². The summed E-state index contributed by atoms with van der Waals surface area (Å²) in [6.45, 7) is 0. The normalized spacial score (nSPS) is 14.0. The number of fused-ring (bicyclic) bond motifs is 4. The highest BCUT2D eigenvalue weighted by Gasteiger charge is 2.21. The van der Waals surface area contributed by atoms with Crippen molar-refractivity contribution in [3.05, 3.63) is 58.2 Å². The van der Waals surface area contributed by atoms with Crippen molar-refractivity contribution in [1.29, 1.82) is 0 Å². The minimum absolute atomic E-state index is 0.300. The van der Waals surface area contributed by atoms with E-state index in [1.54, 1.807) is 11.3 Å². The van der Waals surface area contributed by atoms with Crippen LogP contribution in [0.2, 0.25) is 5.28 Å². The Morgan fingerprint density at radius 1 is 0.960 bits per heavy atom. The topological polar surface area (TPSA) is 37.8 Å². The molecule has 0 radical (unpaired) electrons. The Labute approximate surface area is 154 Å². The second-order valence-electron chi connectivity index (χ2n) is 6.38. The Bertz CT molecular complexity index is 1100. The van der Waals surface area contributed by atoms with Gasteiger partial charge in [0, 0.05) is 16.0 Å². The molecule has 124 valence electrons. The first-order valence-corrected chi connectivity index (χ1v) is 9.71. The van der Waals surface area contributed by atoms with Crippen LogP contribution in [0.4, 0.5) is 11.5 Å². The van der Waals surface area contributed by atoms with E-state index in [4.69, 9.17) is 11.6 Å². The number of aryl methyl sites for hydroxylation is 2. The number of benzene rings is 2. The van der Waals surface area contributed by atoms with Crippen molar-refractivity contribution in [3.63, 3.8) is 0 Å². The summed E-state index contributed by atoms with van der Waals surface area (Å²) in [5.74, 6) is 0.825. The lowest BCUT2D eigenvalue weighted by atomic mass is 9.97. The Balaban J connectivity index is 1.71. The summed E-state index contributed by atoms with van der Waals surface area (Å²) >= 11 is 7.98. The number of halogens is 1. The predicted molar refractivity (Wildman–Crippen MR) is 106 cm³/mol. The molecule has 25 heavy (non-hydrogen) atoms. The quantitative estimate of drug-likeness (QED) is 0.435. The van der Waals surface area contributed by atoms with E-state index in [2.05, 4.69) is 57.7 Å². The molecule has 0 unspecified atom stereocenters. The van der Waals surface area contributed by atoms with Gasteiger partial charge >= 0.3 is 0 Å². The average Bonchev–Trinajstić information content (AvgIpc) is 3.00. The van der Waals surface area contributed by atoms with Gasteiger partial charge in [-0.05, 0) is 54.3 Å². The van der Waals surface area contributed by atoms with Crippen molar-refractivity contribution < 1.29 is 0 Å². The molecule has 0 spiro atoms. The summed E-state index contributed by atoms with van der Waals surface area (Å²) < 4.78 is 0. The zero-order valence-electron chi connectivity index (χ0n) is 13.6. The van der Waals surface area contributed by atoms with Gasteiger partial charge in [0.15, 0.2) is 0 Å². The third-order valence-corrected chi connectivity index (χ3v) is 6.18. The second-order valence-corrected chi connectivity index (χ2v) is 7.81. The maximum absolute atomic E-state index is 6.22. The van der Waals surface area contributed by atoms with Crippen LogP contribution in [-0.2, 0) is 12.8 Å². The molecule has 0 fully saturated rings. The molecule has 5 rings (SSSR count). The van der Waals surface area contributed by atoms with Crippen LogP contribution >= 0.6 is 22.9 Å². The van der Waals surface area contributed by atoms with E-state index < -0.39 is 0 Å². The maximum Gasteiger partial charge on any atom is 0.225 e. The Morgan fingerprint density at radius 2 is 1.80 bits per heavy atom. The van der Waals surface area contributed by atoms with Gasteiger partial charge in [-0.3, -0.25) is 0 Å². The first-order valence-electron chi connectivity index (χ1n) is 8.52. The number of hydrogen-bond acceptors (Lipinski definition) is 4. The standard InChI is InChI=1S/C20H16ClN3S/c21-20-23-18(17-14-9-3-4-11-16(14)25-19(17)24-20)22-15-10-5-7-12-6-1-2-8-13(12)15/h1-2,5-8,10H,3-4,9,11H2,(H,22,23,24). The molecule has 0 atom stereocenters. The van der Waals surface area contributed by atoms with Gasteiger partial charge in [-0.15, -0.1) is 11.3 Å². The molecule has 2 aromatic heterocycles. The van der Waals surface area contributed by atoms with Crippen molar-refractivity contribution >= 4 is 55.4 Å². The monoisotopic (exact) mass is 365 g/mol. The van der Waals surface area contributed by atoms with Crippen LogP contribution in [-0.4, -0.2) is 9.97 Å². The van der Waals surface area contributed by atoms with Crippen molar-refractivity contribution in [3.8, 4) is 0 Å². The Hall–Kier alpha value is -2.17. The fraction of sp³-hybridized carbons (Fsp3) is 0.200. The molecule has 1 aliphatic rings. The maximum atomic E-state index is 6.22. The second kappa shape index (κ2) is 5.97. The molecule has 4 aromatic rings. The van der Waals surface area contributed by atoms with E-state index in [-0.39, 0.29) is 0 Å². The zero-order valence-corrected chi connectivity index (χ0v) is 15.1. The van der Waals surface area contributed by atoms with Crippen LogP contribution in [0, 0.1) is 0 Å². The minimum Gasteiger partial charge on any atom is -0.339 e. The molecule has 0 aliphatic heterocycles. The van der Waals surface area contributed by atoms with Crippen LogP contribution in [0.25, 0.3) is 21.0 Å². The third-order valence-electron chi connectivity index (χ3n) is 4.83. The minimum atomic E-state index is 0.300. The van der Waals surface area contributed by atoms with E-state index in [0.717, 1.165) is 34.6 Å². The molecular weight excluding hydrogens is 350 g/mol.